The van der Waals surface area contributed by atoms with E-state index in [9.17, 15) is 23.3 Å². The topological polar surface area (TPSA) is 143 Å². The molecule has 10 nitrogen and oxygen atoms in total. The normalized spacial score (nSPS) is 14.5. The lowest BCUT2D eigenvalue weighted by Crippen LogP contribution is -2.44. The number of amides is 1. The zero-order chi connectivity index (χ0) is 30.5. The molecule has 3 aromatic carbocycles. The number of nitro benzene ring substituents is 1. The van der Waals surface area contributed by atoms with Crippen molar-refractivity contribution < 1.29 is 18.1 Å². The fourth-order valence-electron chi connectivity index (χ4n) is 4.77. The highest BCUT2D eigenvalue weighted by atomic mass is 35.5. The number of nitrogens with one attached hydrogen (secondary N) is 3. The first kappa shape index (κ1) is 30.5. The zero-order valence-corrected chi connectivity index (χ0v) is 25.2. The van der Waals surface area contributed by atoms with Gasteiger partial charge in [0.15, 0.2) is 0 Å². The average Bonchev–Trinajstić information content (AvgIpc) is 3.01. The van der Waals surface area contributed by atoms with E-state index in [4.69, 9.17) is 11.6 Å². The third-order valence-electron chi connectivity index (χ3n) is 7.10. The number of halogens is 1. The van der Waals surface area contributed by atoms with Crippen molar-refractivity contribution in [1.82, 2.24) is 15.0 Å². The summed E-state index contributed by atoms with van der Waals surface area (Å²) in [6.07, 6.45) is 3.29. The quantitative estimate of drug-likeness (QED) is 0.112. The molecule has 0 atom stereocenters. The van der Waals surface area contributed by atoms with Crippen LogP contribution in [0.3, 0.4) is 0 Å². The van der Waals surface area contributed by atoms with Gasteiger partial charge in [0.2, 0.25) is 0 Å². The lowest BCUT2D eigenvalue weighted by atomic mass is 9.96. The summed E-state index contributed by atoms with van der Waals surface area (Å²) >= 11 is 7.56. The Kier molecular flexibility index (Phi) is 9.31. The van der Waals surface area contributed by atoms with Crippen molar-refractivity contribution in [2.75, 3.05) is 25.0 Å². The number of hydrogen-bond donors (Lipinski definition) is 3. The summed E-state index contributed by atoms with van der Waals surface area (Å²) < 4.78 is 28.0. The lowest BCUT2D eigenvalue weighted by Gasteiger charge is -2.37. The lowest BCUT2D eigenvalue weighted by molar-refractivity contribution is -0.384. The van der Waals surface area contributed by atoms with Crippen LogP contribution in [0.4, 0.5) is 11.4 Å². The first-order chi connectivity index (χ1) is 20.6. The van der Waals surface area contributed by atoms with Gasteiger partial charge in [-0.2, -0.15) is 0 Å². The number of hydrogen-bond acceptors (Lipinski definition) is 9. The second-order valence-corrected chi connectivity index (χ2v) is 13.6. The maximum absolute atomic E-state index is 13.1. The molecule has 1 fully saturated rings. The second kappa shape index (κ2) is 13.1. The van der Waals surface area contributed by atoms with E-state index in [0.717, 1.165) is 48.0 Å². The van der Waals surface area contributed by atoms with Crippen LogP contribution >= 0.6 is 23.4 Å². The minimum absolute atomic E-state index is 0.102. The van der Waals surface area contributed by atoms with Crippen molar-refractivity contribution in [1.29, 1.82) is 0 Å². The molecule has 43 heavy (non-hydrogen) atoms. The molecule has 0 unspecified atom stereocenters. The number of benzene rings is 3. The SMILES string of the molecule is O=C(NS(=O)(=O)c1ccc(NCC2(Sc3ccccc3)CCNCC2)c([N+](=O)[O-])c1)c1ccc(-c2ccc(Cl)nc2)cc1. The van der Waals surface area contributed by atoms with E-state index in [2.05, 4.69) is 15.6 Å². The van der Waals surface area contributed by atoms with Gasteiger partial charge in [0.1, 0.15) is 10.8 Å². The average molecular weight is 638 g/mol. The number of rotatable bonds is 10. The van der Waals surface area contributed by atoms with E-state index in [1.165, 1.54) is 24.3 Å². The number of nitrogens with zero attached hydrogens (tertiary/aromatic N) is 2. The highest BCUT2D eigenvalue weighted by Crippen LogP contribution is 2.40. The molecule has 4 aromatic rings. The molecule has 1 aromatic heterocycles. The first-order valence-corrected chi connectivity index (χ1v) is 16.1. The molecule has 1 aliphatic rings. The minimum Gasteiger partial charge on any atom is -0.378 e. The van der Waals surface area contributed by atoms with E-state index >= 15 is 0 Å². The molecule has 0 radical (unpaired) electrons. The van der Waals surface area contributed by atoms with Crippen LogP contribution in [0.15, 0.2) is 101 Å². The molecule has 0 spiro atoms. The van der Waals surface area contributed by atoms with Crippen LogP contribution < -0.4 is 15.4 Å². The van der Waals surface area contributed by atoms with Gasteiger partial charge in [0, 0.05) is 39.6 Å². The number of aromatic nitrogens is 1. The molecule has 13 heteroatoms. The highest BCUT2D eigenvalue weighted by Gasteiger charge is 2.34. The van der Waals surface area contributed by atoms with Gasteiger partial charge in [-0.05, 0) is 80.0 Å². The Hall–Kier alpha value is -3.97. The molecule has 5 rings (SSSR count). The Morgan fingerprint density at radius 3 is 2.35 bits per heavy atom. The molecule has 1 aliphatic heterocycles. The van der Waals surface area contributed by atoms with Gasteiger partial charge in [0.25, 0.3) is 21.6 Å². The third-order valence-corrected chi connectivity index (χ3v) is 10.2. The summed E-state index contributed by atoms with van der Waals surface area (Å²) in [4.78, 5) is 28.9. The van der Waals surface area contributed by atoms with E-state index in [0.29, 0.717) is 11.7 Å². The Bertz CT molecular complexity index is 1710. The maximum Gasteiger partial charge on any atom is 0.293 e. The standard InChI is InChI=1S/C30H28ClN5O5S2/c31-28-13-10-23(19-33-28)21-6-8-22(9-7-21)29(37)35-43(40,41)25-11-12-26(27(18-25)36(38)39)34-20-30(14-16-32-17-15-30)42-24-4-2-1-3-5-24/h1-13,18-19,32,34H,14-17,20H2,(H,35,37). The molecule has 1 saturated heterocycles. The molecule has 222 valence electrons. The predicted octanol–water partition coefficient (Wildman–Crippen LogP) is 5.76. The molecule has 1 amide bonds. The molecule has 3 N–H and O–H groups in total. The number of anilines is 1. The number of pyridine rings is 1. The summed E-state index contributed by atoms with van der Waals surface area (Å²) in [5, 5.41) is 18.9. The Morgan fingerprint density at radius 2 is 1.70 bits per heavy atom. The van der Waals surface area contributed by atoms with Crippen molar-refractivity contribution in [3.05, 3.63) is 112 Å². The molecular weight excluding hydrogens is 610 g/mol. The molecule has 0 bridgehead atoms. The van der Waals surface area contributed by atoms with Crippen LogP contribution in [0.25, 0.3) is 11.1 Å². The van der Waals surface area contributed by atoms with Gasteiger partial charge < -0.3 is 10.6 Å². The summed E-state index contributed by atoms with van der Waals surface area (Å²) in [5.74, 6) is -0.864. The van der Waals surface area contributed by atoms with Crippen molar-refractivity contribution in [2.45, 2.75) is 27.4 Å². The number of nitro groups is 1. The van der Waals surface area contributed by atoms with Crippen LogP contribution in [-0.4, -0.2) is 48.6 Å². The molecular formula is C30H28ClN5O5S2. The minimum atomic E-state index is -4.40. The van der Waals surface area contributed by atoms with Crippen LogP contribution in [0.5, 0.6) is 0 Å². The number of thioether (sulfide) groups is 1. The van der Waals surface area contributed by atoms with Gasteiger partial charge in [-0.25, -0.2) is 18.1 Å². The largest absolute Gasteiger partial charge is 0.378 e. The molecule has 0 aliphatic carbocycles. The zero-order valence-electron chi connectivity index (χ0n) is 22.8. The van der Waals surface area contributed by atoms with Gasteiger partial charge in [0.05, 0.1) is 9.82 Å². The Labute approximate surface area is 258 Å². The van der Waals surface area contributed by atoms with Crippen LogP contribution in [0.2, 0.25) is 5.15 Å². The summed E-state index contributed by atoms with van der Waals surface area (Å²) in [7, 11) is -4.40. The Morgan fingerprint density at radius 1 is 1.00 bits per heavy atom. The number of piperidine rings is 1. The van der Waals surface area contributed by atoms with Gasteiger partial charge >= 0.3 is 0 Å². The summed E-state index contributed by atoms with van der Waals surface area (Å²) in [6, 6.07) is 23.2. The maximum atomic E-state index is 13.1. The van der Waals surface area contributed by atoms with Crippen molar-refractivity contribution >= 4 is 50.7 Å². The molecule has 2 heterocycles. The predicted molar refractivity (Wildman–Crippen MR) is 168 cm³/mol. The van der Waals surface area contributed by atoms with E-state index in [-0.39, 0.29) is 16.0 Å². The van der Waals surface area contributed by atoms with E-state index in [1.807, 2.05) is 35.1 Å². The van der Waals surface area contributed by atoms with Crippen molar-refractivity contribution in [3.63, 3.8) is 0 Å². The number of carbonyl (C=O) groups excluding carboxylic acids is 1. The fraction of sp³-hybridized carbons (Fsp3) is 0.200. The monoisotopic (exact) mass is 637 g/mol. The molecule has 0 saturated carbocycles. The van der Waals surface area contributed by atoms with Crippen LogP contribution in [0.1, 0.15) is 23.2 Å². The highest BCUT2D eigenvalue weighted by molar-refractivity contribution is 8.00. The smallest absolute Gasteiger partial charge is 0.293 e. The van der Waals surface area contributed by atoms with Gasteiger partial charge in [-0.15, -0.1) is 11.8 Å². The first-order valence-electron chi connectivity index (χ1n) is 13.4. The Balaban J connectivity index is 1.31. The van der Waals surface area contributed by atoms with E-state index < -0.39 is 31.4 Å². The fourth-order valence-corrected chi connectivity index (χ4v) is 7.22. The van der Waals surface area contributed by atoms with Crippen LogP contribution in [-0.2, 0) is 10.0 Å². The van der Waals surface area contributed by atoms with Crippen molar-refractivity contribution in [3.8, 4) is 11.1 Å². The summed E-state index contributed by atoms with van der Waals surface area (Å²) in [6.45, 7) is 2.09. The van der Waals surface area contributed by atoms with Gasteiger partial charge in [-0.3, -0.25) is 14.9 Å². The number of sulfonamides is 1. The van der Waals surface area contributed by atoms with E-state index in [1.54, 1.807) is 42.2 Å². The summed E-state index contributed by atoms with van der Waals surface area (Å²) in [5.41, 5.74) is 1.44. The van der Waals surface area contributed by atoms with Crippen molar-refractivity contribution in [2.24, 2.45) is 0 Å². The third kappa shape index (κ3) is 7.52. The second-order valence-electron chi connectivity index (χ2n) is 10.0. The van der Waals surface area contributed by atoms with Gasteiger partial charge in [-0.1, -0.05) is 41.9 Å². The van der Waals surface area contributed by atoms with Crippen LogP contribution in [0, 0.1) is 10.1 Å². The number of carbonyl (C=O) groups is 1.